The molecular formula is C21H19Cl2N7O2. The SMILES string of the molecule is CC(C)(CO)NC(=O)c1ccnc(Nc2ncnc3nc(-c4c(Cl)cccc4Cl)[nH]c23)c1. The summed E-state index contributed by atoms with van der Waals surface area (Å²) in [5.41, 5.74) is 1.12. The lowest BCUT2D eigenvalue weighted by atomic mass is 10.1. The number of nitrogens with one attached hydrogen (secondary N) is 3. The minimum absolute atomic E-state index is 0.189. The van der Waals surface area contributed by atoms with Crippen LogP contribution in [0.1, 0.15) is 24.2 Å². The van der Waals surface area contributed by atoms with Crippen molar-refractivity contribution in [2.45, 2.75) is 19.4 Å². The Morgan fingerprint density at radius 2 is 1.91 bits per heavy atom. The van der Waals surface area contributed by atoms with Gasteiger partial charge in [0, 0.05) is 11.8 Å². The average molecular weight is 472 g/mol. The zero-order chi connectivity index (χ0) is 22.9. The van der Waals surface area contributed by atoms with Crippen molar-refractivity contribution in [3.05, 3.63) is 58.5 Å². The molecule has 0 aliphatic heterocycles. The topological polar surface area (TPSA) is 129 Å². The molecule has 4 aromatic rings. The van der Waals surface area contributed by atoms with E-state index < -0.39 is 5.54 Å². The first kappa shape index (κ1) is 21.9. The Bertz CT molecular complexity index is 1290. The number of fused-ring (bicyclic) bond motifs is 1. The summed E-state index contributed by atoms with van der Waals surface area (Å²) in [6.07, 6.45) is 2.87. The number of H-pyrrole nitrogens is 1. The highest BCUT2D eigenvalue weighted by Crippen LogP contribution is 2.34. The fraction of sp³-hybridized carbons (Fsp3) is 0.190. The number of amides is 1. The molecule has 3 aromatic heterocycles. The van der Waals surface area contributed by atoms with Crippen LogP contribution in [0.25, 0.3) is 22.6 Å². The van der Waals surface area contributed by atoms with Gasteiger partial charge in [-0.3, -0.25) is 4.79 Å². The lowest BCUT2D eigenvalue weighted by molar-refractivity contribution is 0.0869. The summed E-state index contributed by atoms with van der Waals surface area (Å²) in [5.74, 6) is 0.926. The molecule has 0 atom stereocenters. The van der Waals surface area contributed by atoms with E-state index in [0.29, 0.717) is 49.8 Å². The smallest absolute Gasteiger partial charge is 0.251 e. The molecule has 0 radical (unpaired) electrons. The second kappa shape index (κ2) is 8.70. The summed E-state index contributed by atoms with van der Waals surface area (Å²) in [6, 6.07) is 8.36. The Hall–Kier alpha value is -3.27. The lowest BCUT2D eigenvalue weighted by Gasteiger charge is -2.23. The first-order valence-corrected chi connectivity index (χ1v) is 10.3. The van der Waals surface area contributed by atoms with Gasteiger partial charge in [-0.05, 0) is 38.1 Å². The maximum Gasteiger partial charge on any atom is 0.251 e. The summed E-state index contributed by atoms with van der Waals surface area (Å²) in [6.45, 7) is 3.26. The summed E-state index contributed by atoms with van der Waals surface area (Å²) in [4.78, 5) is 32.9. The molecule has 4 rings (SSSR count). The van der Waals surface area contributed by atoms with Gasteiger partial charge in [0.25, 0.3) is 5.91 Å². The van der Waals surface area contributed by atoms with E-state index in [1.54, 1.807) is 44.2 Å². The molecule has 0 fully saturated rings. The minimum Gasteiger partial charge on any atom is -0.394 e. The Balaban J connectivity index is 1.66. The van der Waals surface area contributed by atoms with E-state index in [2.05, 4.69) is 35.6 Å². The molecule has 32 heavy (non-hydrogen) atoms. The van der Waals surface area contributed by atoms with Gasteiger partial charge in [-0.2, -0.15) is 0 Å². The number of rotatable bonds is 6. The van der Waals surface area contributed by atoms with Crippen LogP contribution in [0.3, 0.4) is 0 Å². The largest absolute Gasteiger partial charge is 0.394 e. The number of aromatic nitrogens is 5. The van der Waals surface area contributed by atoms with E-state index in [9.17, 15) is 9.90 Å². The second-order valence-corrected chi connectivity index (χ2v) is 8.47. The number of aliphatic hydroxyl groups excluding tert-OH is 1. The number of hydrogen-bond acceptors (Lipinski definition) is 7. The van der Waals surface area contributed by atoms with Crippen molar-refractivity contribution in [2.24, 2.45) is 0 Å². The number of carbonyl (C=O) groups excluding carboxylic acids is 1. The van der Waals surface area contributed by atoms with Crippen LogP contribution in [-0.2, 0) is 0 Å². The number of imidazole rings is 1. The molecular weight excluding hydrogens is 453 g/mol. The molecule has 0 saturated heterocycles. The van der Waals surface area contributed by atoms with Crippen LogP contribution in [0, 0.1) is 0 Å². The Morgan fingerprint density at radius 1 is 1.16 bits per heavy atom. The maximum absolute atomic E-state index is 12.5. The number of benzene rings is 1. The quantitative estimate of drug-likeness (QED) is 0.334. The number of halogens is 2. The van der Waals surface area contributed by atoms with E-state index in [1.807, 2.05) is 0 Å². The molecule has 0 spiro atoms. The molecule has 0 aliphatic rings. The predicted molar refractivity (Wildman–Crippen MR) is 123 cm³/mol. The maximum atomic E-state index is 12.5. The van der Waals surface area contributed by atoms with Crippen LogP contribution in [-0.4, -0.2) is 48.1 Å². The standard InChI is InChI=1S/C21H19Cl2N7O2/c1-21(2,9-31)30-20(32)11-6-7-24-14(8-11)27-18-16-19(26-10-25-18)29-17(28-16)15-12(22)4-3-5-13(15)23/h3-8,10,31H,9H2,1-2H3,(H,30,32)(H2,24,25,26,27,28,29). The molecule has 9 nitrogen and oxygen atoms in total. The van der Waals surface area contributed by atoms with Crippen molar-refractivity contribution in [1.82, 2.24) is 30.2 Å². The highest BCUT2D eigenvalue weighted by Gasteiger charge is 2.21. The third kappa shape index (κ3) is 4.50. The van der Waals surface area contributed by atoms with Gasteiger partial charge in [-0.15, -0.1) is 0 Å². The molecule has 4 N–H and O–H groups in total. The number of aromatic amines is 1. The third-order valence-corrected chi connectivity index (χ3v) is 5.23. The highest BCUT2D eigenvalue weighted by atomic mass is 35.5. The Morgan fingerprint density at radius 3 is 2.62 bits per heavy atom. The van der Waals surface area contributed by atoms with Gasteiger partial charge >= 0.3 is 0 Å². The van der Waals surface area contributed by atoms with Crippen LogP contribution in [0.15, 0.2) is 42.9 Å². The number of nitrogens with zero attached hydrogens (tertiary/aromatic N) is 4. The molecule has 0 saturated carbocycles. The number of anilines is 2. The summed E-state index contributed by atoms with van der Waals surface area (Å²) < 4.78 is 0. The van der Waals surface area contributed by atoms with Crippen LogP contribution in [0.5, 0.6) is 0 Å². The van der Waals surface area contributed by atoms with Gasteiger partial charge in [-0.25, -0.2) is 19.9 Å². The molecule has 0 unspecified atom stereocenters. The Labute approximate surface area is 193 Å². The van der Waals surface area contributed by atoms with Gasteiger partial charge in [0.05, 0.1) is 27.8 Å². The number of hydrogen-bond donors (Lipinski definition) is 4. The summed E-state index contributed by atoms with van der Waals surface area (Å²) in [5, 5.41) is 16.1. The minimum atomic E-state index is -0.751. The van der Waals surface area contributed by atoms with E-state index in [1.165, 1.54) is 12.5 Å². The van der Waals surface area contributed by atoms with E-state index in [0.717, 1.165) is 0 Å². The van der Waals surface area contributed by atoms with Gasteiger partial charge in [0.15, 0.2) is 11.5 Å². The first-order valence-electron chi connectivity index (χ1n) is 9.59. The molecule has 0 bridgehead atoms. The van der Waals surface area contributed by atoms with Crippen LogP contribution < -0.4 is 10.6 Å². The number of pyridine rings is 1. The van der Waals surface area contributed by atoms with Crippen molar-refractivity contribution >= 4 is 51.9 Å². The lowest BCUT2D eigenvalue weighted by Crippen LogP contribution is -2.46. The van der Waals surface area contributed by atoms with Gasteiger partial charge in [-0.1, -0.05) is 29.3 Å². The normalized spacial score (nSPS) is 11.5. The average Bonchev–Trinajstić information content (AvgIpc) is 3.18. The fourth-order valence-electron chi connectivity index (χ4n) is 2.95. The second-order valence-electron chi connectivity index (χ2n) is 7.65. The molecule has 164 valence electrons. The van der Waals surface area contributed by atoms with Crippen molar-refractivity contribution in [3.8, 4) is 11.4 Å². The van der Waals surface area contributed by atoms with Gasteiger partial charge in [0.2, 0.25) is 0 Å². The van der Waals surface area contributed by atoms with Crippen molar-refractivity contribution in [2.75, 3.05) is 11.9 Å². The molecule has 11 heteroatoms. The Kier molecular flexibility index (Phi) is 5.96. The zero-order valence-electron chi connectivity index (χ0n) is 17.1. The monoisotopic (exact) mass is 471 g/mol. The van der Waals surface area contributed by atoms with Crippen molar-refractivity contribution in [1.29, 1.82) is 0 Å². The van der Waals surface area contributed by atoms with Crippen LogP contribution in [0.2, 0.25) is 10.0 Å². The van der Waals surface area contributed by atoms with E-state index in [-0.39, 0.29) is 12.5 Å². The number of aliphatic hydroxyl groups is 1. The predicted octanol–water partition coefficient (Wildman–Crippen LogP) is 3.97. The summed E-state index contributed by atoms with van der Waals surface area (Å²) >= 11 is 12.6. The fourth-order valence-corrected chi connectivity index (χ4v) is 3.52. The van der Waals surface area contributed by atoms with E-state index >= 15 is 0 Å². The molecule has 3 heterocycles. The van der Waals surface area contributed by atoms with Crippen molar-refractivity contribution < 1.29 is 9.90 Å². The highest BCUT2D eigenvalue weighted by molar-refractivity contribution is 6.39. The molecule has 1 aromatic carbocycles. The van der Waals surface area contributed by atoms with Gasteiger partial charge < -0.3 is 20.7 Å². The number of carbonyl (C=O) groups is 1. The van der Waals surface area contributed by atoms with Crippen LogP contribution in [0.4, 0.5) is 11.6 Å². The van der Waals surface area contributed by atoms with Crippen LogP contribution >= 0.6 is 23.2 Å². The molecule has 1 amide bonds. The van der Waals surface area contributed by atoms with Crippen molar-refractivity contribution in [3.63, 3.8) is 0 Å². The third-order valence-electron chi connectivity index (χ3n) is 4.60. The first-order chi connectivity index (χ1) is 15.3. The molecule has 0 aliphatic carbocycles. The van der Waals surface area contributed by atoms with Gasteiger partial charge in [0.1, 0.15) is 23.5 Å². The zero-order valence-corrected chi connectivity index (χ0v) is 18.7. The summed E-state index contributed by atoms with van der Waals surface area (Å²) in [7, 11) is 0. The van der Waals surface area contributed by atoms with E-state index in [4.69, 9.17) is 23.2 Å².